The maximum absolute atomic E-state index is 13.0. The number of sulfonamides is 1. The molecule has 9 nitrogen and oxygen atoms in total. The van der Waals surface area contributed by atoms with Crippen molar-refractivity contribution < 1.29 is 27.9 Å². The topological polar surface area (TPSA) is 124 Å². The summed E-state index contributed by atoms with van der Waals surface area (Å²) < 4.78 is 27.0. The molecule has 1 aliphatic rings. The molecule has 0 aromatic heterocycles. The van der Waals surface area contributed by atoms with Gasteiger partial charge in [-0.05, 0) is 42.3 Å². The molecule has 2 unspecified atom stereocenters. The molecule has 1 saturated heterocycles. The summed E-state index contributed by atoms with van der Waals surface area (Å²) in [5.41, 5.74) is 1.17. The van der Waals surface area contributed by atoms with Crippen molar-refractivity contribution in [2.75, 3.05) is 25.5 Å². The molecule has 1 heterocycles. The van der Waals surface area contributed by atoms with E-state index in [0.29, 0.717) is 11.3 Å². The third-order valence-electron chi connectivity index (χ3n) is 5.25. The standard InChI is InChI=1S/C23H25N3O6S2/c1-25(15-21(27)24-18-9-7-17(8-10-18)23(29)30)22(28)20-13-19(33)14-26(20)34(31,32)12-11-16-5-3-2-4-6-16/h2-12,19-20,33H,13-15H2,1H3,(H,24,27)(H,29,30)/b12-11+. The van der Waals surface area contributed by atoms with Crippen LogP contribution >= 0.6 is 12.6 Å². The van der Waals surface area contributed by atoms with Crippen molar-refractivity contribution in [3.05, 3.63) is 71.1 Å². The first kappa shape index (κ1) is 25.5. The molecule has 0 saturated carbocycles. The molecule has 1 aliphatic heterocycles. The highest BCUT2D eigenvalue weighted by Crippen LogP contribution is 2.27. The molecule has 34 heavy (non-hydrogen) atoms. The first-order valence-electron chi connectivity index (χ1n) is 10.4. The minimum absolute atomic E-state index is 0.0791. The summed E-state index contributed by atoms with van der Waals surface area (Å²) in [7, 11) is -2.48. The molecule has 2 amide bonds. The van der Waals surface area contributed by atoms with Gasteiger partial charge in [-0.1, -0.05) is 30.3 Å². The minimum atomic E-state index is -3.90. The number of benzene rings is 2. The molecule has 0 aliphatic carbocycles. The maximum atomic E-state index is 13.0. The number of anilines is 1. The monoisotopic (exact) mass is 503 g/mol. The number of amides is 2. The van der Waals surface area contributed by atoms with Crippen molar-refractivity contribution in [3.8, 4) is 0 Å². The quantitative estimate of drug-likeness (QED) is 0.474. The third-order valence-corrected chi connectivity index (χ3v) is 7.16. The normalized spacial score (nSPS) is 18.6. The van der Waals surface area contributed by atoms with Gasteiger partial charge in [-0.3, -0.25) is 9.59 Å². The zero-order valence-electron chi connectivity index (χ0n) is 18.4. The number of nitrogens with zero attached hydrogens (tertiary/aromatic N) is 2. The van der Waals surface area contributed by atoms with Gasteiger partial charge in [0.15, 0.2) is 0 Å². The van der Waals surface area contributed by atoms with Gasteiger partial charge < -0.3 is 15.3 Å². The summed E-state index contributed by atoms with van der Waals surface area (Å²) in [4.78, 5) is 37.5. The second-order valence-corrected chi connectivity index (χ2v) is 10.4. The molecule has 0 spiro atoms. The Morgan fingerprint density at radius 2 is 1.79 bits per heavy atom. The van der Waals surface area contributed by atoms with Crippen LogP contribution in [0, 0.1) is 0 Å². The molecule has 3 rings (SSSR count). The Hall–Kier alpha value is -3.15. The molecule has 1 fully saturated rings. The van der Waals surface area contributed by atoms with Gasteiger partial charge >= 0.3 is 5.97 Å². The Morgan fingerprint density at radius 1 is 1.15 bits per heavy atom. The van der Waals surface area contributed by atoms with Crippen molar-refractivity contribution in [2.24, 2.45) is 0 Å². The number of hydrogen-bond donors (Lipinski definition) is 3. The maximum Gasteiger partial charge on any atom is 0.335 e. The highest BCUT2D eigenvalue weighted by atomic mass is 32.2. The lowest BCUT2D eigenvalue weighted by molar-refractivity contribution is -0.136. The van der Waals surface area contributed by atoms with E-state index in [2.05, 4.69) is 17.9 Å². The number of rotatable bonds is 8. The first-order chi connectivity index (χ1) is 16.1. The van der Waals surface area contributed by atoms with Gasteiger partial charge in [-0.2, -0.15) is 16.9 Å². The Balaban J connectivity index is 1.65. The van der Waals surface area contributed by atoms with Gasteiger partial charge in [0.2, 0.25) is 21.8 Å². The number of carboxylic acid groups (broad SMARTS) is 1. The van der Waals surface area contributed by atoms with Crippen molar-refractivity contribution in [2.45, 2.75) is 17.7 Å². The van der Waals surface area contributed by atoms with E-state index in [1.54, 1.807) is 24.3 Å². The second kappa shape index (κ2) is 10.9. The number of carbonyl (C=O) groups excluding carboxylic acids is 2. The van der Waals surface area contributed by atoms with Crippen molar-refractivity contribution in [3.63, 3.8) is 0 Å². The highest BCUT2D eigenvalue weighted by Gasteiger charge is 2.42. The van der Waals surface area contributed by atoms with Crippen LogP contribution in [-0.2, 0) is 19.6 Å². The number of carbonyl (C=O) groups is 3. The second-order valence-electron chi connectivity index (χ2n) is 7.86. The number of hydrogen-bond acceptors (Lipinski definition) is 6. The molecule has 2 aromatic rings. The van der Waals surface area contributed by atoms with Crippen LogP contribution in [-0.4, -0.2) is 71.9 Å². The fourth-order valence-electron chi connectivity index (χ4n) is 3.54. The Bertz CT molecular complexity index is 1180. The molecule has 2 aromatic carbocycles. The average Bonchev–Trinajstić information content (AvgIpc) is 3.21. The largest absolute Gasteiger partial charge is 0.478 e. The molecule has 0 radical (unpaired) electrons. The van der Waals surface area contributed by atoms with E-state index >= 15 is 0 Å². The summed E-state index contributed by atoms with van der Waals surface area (Å²) in [5.74, 6) is -2.09. The van der Waals surface area contributed by atoms with Crippen LogP contribution in [0.5, 0.6) is 0 Å². The van der Waals surface area contributed by atoms with E-state index in [-0.39, 0.29) is 30.3 Å². The van der Waals surface area contributed by atoms with Crippen LogP contribution in [0.15, 0.2) is 60.0 Å². The van der Waals surface area contributed by atoms with Gasteiger partial charge in [-0.25, -0.2) is 13.2 Å². The van der Waals surface area contributed by atoms with Crippen molar-refractivity contribution in [1.82, 2.24) is 9.21 Å². The zero-order valence-corrected chi connectivity index (χ0v) is 20.1. The number of likely N-dealkylation sites (N-methyl/N-ethyl adjacent to an activating group) is 1. The van der Waals surface area contributed by atoms with Crippen LogP contribution in [0.4, 0.5) is 5.69 Å². The zero-order chi connectivity index (χ0) is 24.9. The fraction of sp³-hybridized carbons (Fsp3) is 0.261. The van der Waals surface area contributed by atoms with E-state index in [1.165, 1.54) is 42.3 Å². The molecule has 2 atom stereocenters. The van der Waals surface area contributed by atoms with Gasteiger partial charge in [0.1, 0.15) is 6.04 Å². The smallest absolute Gasteiger partial charge is 0.335 e. The van der Waals surface area contributed by atoms with Crippen LogP contribution in [0.3, 0.4) is 0 Å². The fourth-order valence-corrected chi connectivity index (χ4v) is 5.43. The number of carboxylic acids is 1. The van der Waals surface area contributed by atoms with Gasteiger partial charge in [0.05, 0.1) is 12.1 Å². The lowest BCUT2D eigenvalue weighted by atomic mass is 10.2. The van der Waals surface area contributed by atoms with E-state index < -0.39 is 33.8 Å². The van der Waals surface area contributed by atoms with Crippen molar-refractivity contribution >= 4 is 52.2 Å². The van der Waals surface area contributed by atoms with E-state index in [9.17, 15) is 22.8 Å². The van der Waals surface area contributed by atoms with Gasteiger partial charge in [0.25, 0.3) is 0 Å². The molecular weight excluding hydrogens is 478 g/mol. The first-order valence-corrected chi connectivity index (χ1v) is 12.4. The van der Waals surface area contributed by atoms with E-state index in [1.807, 2.05) is 6.07 Å². The third kappa shape index (κ3) is 6.46. The Kier molecular flexibility index (Phi) is 8.13. The van der Waals surface area contributed by atoms with Crippen LogP contribution in [0.1, 0.15) is 22.3 Å². The Labute approximate surface area is 203 Å². The van der Waals surface area contributed by atoms with Gasteiger partial charge in [-0.15, -0.1) is 0 Å². The summed E-state index contributed by atoms with van der Waals surface area (Å²) >= 11 is 4.38. The molecule has 180 valence electrons. The number of nitrogens with one attached hydrogen (secondary N) is 1. The number of thiol groups is 1. The summed E-state index contributed by atoms with van der Waals surface area (Å²) in [6.07, 6.45) is 1.69. The molecular formula is C23H25N3O6S2. The van der Waals surface area contributed by atoms with Crippen LogP contribution in [0.2, 0.25) is 0 Å². The molecule has 2 N–H and O–H groups in total. The average molecular weight is 504 g/mol. The predicted octanol–water partition coefficient (Wildman–Crippen LogP) is 2.16. The lowest BCUT2D eigenvalue weighted by Crippen LogP contribution is -2.47. The molecule has 0 bridgehead atoms. The van der Waals surface area contributed by atoms with Crippen LogP contribution in [0.25, 0.3) is 6.08 Å². The minimum Gasteiger partial charge on any atom is -0.478 e. The number of aromatic carboxylic acids is 1. The predicted molar refractivity (Wildman–Crippen MR) is 132 cm³/mol. The summed E-state index contributed by atoms with van der Waals surface area (Å²) in [5, 5.41) is 12.3. The van der Waals surface area contributed by atoms with E-state index in [4.69, 9.17) is 5.11 Å². The Morgan fingerprint density at radius 3 is 2.41 bits per heavy atom. The highest BCUT2D eigenvalue weighted by molar-refractivity contribution is 7.92. The lowest BCUT2D eigenvalue weighted by Gasteiger charge is -2.26. The van der Waals surface area contributed by atoms with Gasteiger partial charge in [0, 0.05) is 29.9 Å². The van der Waals surface area contributed by atoms with Crippen molar-refractivity contribution in [1.29, 1.82) is 0 Å². The summed E-state index contributed by atoms with van der Waals surface area (Å²) in [6.45, 7) is -0.224. The molecule has 11 heteroatoms. The van der Waals surface area contributed by atoms with E-state index in [0.717, 1.165) is 9.71 Å². The van der Waals surface area contributed by atoms with Crippen LogP contribution < -0.4 is 5.32 Å². The summed E-state index contributed by atoms with van der Waals surface area (Å²) in [6, 6.07) is 13.6. The SMILES string of the molecule is CN(CC(=O)Nc1ccc(C(=O)O)cc1)C(=O)C1CC(S)CN1S(=O)(=O)/C=C/c1ccccc1.